The van der Waals surface area contributed by atoms with Gasteiger partial charge in [-0.25, -0.2) is 4.39 Å². The number of benzene rings is 2. The molecule has 0 aliphatic carbocycles. The molecule has 0 unspecified atom stereocenters. The van der Waals surface area contributed by atoms with Crippen molar-refractivity contribution >= 4 is 23.2 Å². The number of carbonyl (C=O) groups excluding carboxylic acids is 1. The normalized spacial score (nSPS) is 10.4. The standard InChI is InChI=1S/C18H19ClFNO2/c1-12-10-14(11-13(2)18(12)19)23-9-5-8-17(22)21-16-7-4-3-6-15(16)20/h3-4,6-7,10-11H,5,8-9H2,1-2H3,(H,21,22). The lowest BCUT2D eigenvalue weighted by Gasteiger charge is -2.10. The summed E-state index contributed by atoms with van der Waals surface area (Å²) < 4.78 is 19.1. The minimum absolute atomic E-state index is 0.197. The van der Waals surface area contributed by atoms with Crippen LogP contribution in [0.5, 0.6) is 5.75 Å². The summed E-state index contributed by atoms with van der Waals surface area (Å²) in [6.07, 6.45) is 0.806. The molecule has 0 saturated heterocycles. The number of halogens is 2. The van der Waals surface area contributed by atoms with Gasteiger partial charge >= 0.3 is 0 Å². The lowest BCUT2D eigenvalue weighted by atomic mass is 10.1. The molecule has 0 aromatic heterocycles. The summed E-state index contributed by atoms with van der Waals surface area (Å²) in [5.41, 5.74) is 2.11. The number of hydrogen-bond donors (Lipinski definition) is 1. The van der Waals surface area contributed by atoms with Crippen LogP contribution in [0, 0.1) is 19.7 Å². The van der Waals surface area contributed by atoms with Crippen LogP contribution in [0.3, 0.4) is 0 Å². The molecule has 1 N–H and O–H groups in total. The van der Waals surface area contributed by atoms with Crippen molar-refractivity contribution in [3.63, 3.8) is 0 Å². The number of nitrogens with one attached hydrogen (secondary N) is 1. The fraction of sp³-hybridized carbons (Fsp3) is 0.278. The Morgan fingerprint density at radius 2 is 1.87 bits per heavy atom. The van der Waals surface area contributed by atoms with E-state index >= 15 is 0 Å². The summed E-state index contributed by atoms with van der Waals surface area (Å²) >= 11 is 6.10. The topological polar surface area (TPSA) is 38.3 Å². The van der Waals surface area contributed by atoms with E-state index in [9.17, 15) is 9.18 Å². The Labute approximate surface area is 140 Å². The molecule has 0 aliphatic rings. The van der Waals surface area contributed by atoms with Crippen LogP contribution in [-0.4, -0.2) is 12.5 Å². The first-order valence-electron chi connectivity index (χ1n) is 7.41. The Kier molecular flexibility index (Phi) is 5.99. The van der Waals surface area contributed by atoms with Crippen molar-refractivity contribution in [3.8, 4) is 5.75 Å². The van der Waals surface area contributed by atoms with Crippen LogP contribution in [0.2, 0.25) is 5.02 Å². The molecule has 0 atom stereocenters. The molecule has 0 aliphatic heterocycles. The third-order valence-corrected chi connectivity index (χ3v) is 3.97. The highest BCUT2D eigenvalue weighted by molar-refractivity contribution is 6.32. The van der Waals surface area contributed by atoms with Crippen LogP contribution in [0.1, 0.15) is 24.0 Å². The molecule has 0 saturated carbocycles. The average molecular weight is 336 g/mol. The first kappa shape index (κ1) is 17.3. The molecule has 0 radical (unpaired) electrons. The minimum Gasteiger partial charge on any atom is -0.494 e. The van der Waals surface area contributed by atoms with Crippen LogP contribution in [0.4, 0.5) is 10.1 Å². The molecule has 0 heterocycles. The number of anilines is 1. The van der Waals surface area contributed by atoms with Crippen molar-refractivity contribution in [1.82, 2.24) is 0 Å². The van der Waals surface area contributed by atoms with Gasteiger partial charge in [0.15, 0.2) is 0 Å². The fourth-order valence-electron chi connectivity index (χ4n) is 2.19. The number of carbonyl (C=O) groups is 1. The highest BCUT2D eigenvalue weighted by atomic mass is 35.5. The third kappa shape index (κ3) is 4.96. The van der Waals surface area contributed by atoms with Gasteiger partial charge in [-0.2, -0.15) is 0 Å². The number of rotatable bonds is 6. The number of hydrogen-bond acceptors (Lipinski definition) is 2. The quantitative estimate of drug-likeness (QED) is 0.763. The van der Waals surface area contributed by atoms with Crippen LogP contribution >= 0.6 is 11.6 Å². The van der Waals surface area contributed by atoms with Gasteiger partial charge in [0, 0.05) is 11.4 Å². The van der Waals surface area contributed by atoms with Gasteiger partial charge in [0.05, 0.1) is 12.3 Å². The smallest absolute Gasteiger partial charge is 0.224 e. The molecule has 3 nitrogen and oxygen atoms in total. The van der Waals surface area contributed by atoms with E-state index in [-0.39, 0.29) is 18.0 Å². The van der Waals surface area contributed by atoms with Gasteiger partial charge in [0.1, 0.15) is 11.6 Å². The maximum Gasteiger partial charge on any atom is 0.224 e. The first-order chi connectivity index (χ1) is 11.0. The molecular weight excluding hydrogens is 317 g/mol. The minimum atomic E-state index is -0.441. The third-order valence-electron chi connectivity index (χ3n) is 3.37. The molecule has 2 rings (SSSR count). The lowest BCUT2D eigenvalue weighted by Crippen LogP contribution is -2.13. The van der Waals surface area contributed by atoms with Crippen LogP contribution in [-0.2, 0) is 4.79 Å². The molecule has 2 aromatic carbocycles. The summed E-state index contributed by atoms with van der Waals surface area (Å²) in [6, 6.07) is 9.83. The van der Waals surface area contributed by atoms with Gasteiger partial charge in [0.2, 0.25) is 5.91 Å². The van der Waals surface area contributed by atoms with Gasteiger partial charge in [-0.15, -0.1) is 0 Å². The van der Waals surface area contributed by atoms with Crippen molar-refractivity contribution < 1.29 is 13.9 Å². The second kappa shape index (κ2) is 7.97. The average Bonchev–Trinajstić information content (AvgIpc) is 2.51. The molecule has 0 bridgehead atoms. The monoisotopic (exact) mass is 335 g/mol. The molecule has 0 fully saturated rings. The van der Waals surface area contributed by atoms with Gasteiger partial charge < -0.3 is 10.1 Å². The van der Waals surface area contributed by atoms with Crippen LogP contribution in [0.15, 0.2) is 36.4 Å². The van der Waals surface area contributed by atoms with E-state index in [1.165, 1.54) is 12.1 Å². The molecule has 122 valence electrons. The molecule has 23 heavy (non-hydrogen) atoms. The highest BCUT2D eigenvalue weighted by Crippen LogP contribution is 2.26. The summed E-state index contributed by atoms with van der Waals surface area (Å²) in [5.74, 6) is 0.0605. The summed E-state index contributed by atoms with van der Waals surface area (Å²) in [4.78, 5) is 11.8. The van der Waals surface area contributed by atoms with Gasteiger partial charge in [-0.3, -0.25) is 4.79 Å². The Morgan fingerprint density at radius 3 is 2.52 bits per heavy atom. The molecule has 5 heteroatoms. The van der Waals surface area contributed by atoms with E-state index in [4.69, 9.17) is 16.3 Å². The van der Waals surface area contributed by atoms with Crippen molar-refractivity contribution in [1.29, 1.82) is 0 Å². The van der Waals surface area contributed by atoms with Crippen molar-refractivity contribution in [3.05, 3.63) is 58.4 Å². The number of para-hydroxylation sites is 1. The summed E-state index contributed by atoms with van der Waals surface area (Å²) in [7, 11) is 0. The Bertz CT molecular complexity index is 680. The Hall–Kier alpha value is -2.07. The summed E-state index contributed by atoms with van der Waals surface area (Å²) in [6.45, 7) is 4.25. The summed E-state index contributed by atoms with van der Waals surface area (Å²) in [5, 5.41) is 3.29. The van der Waals surface area contributed by atoms with Crippen LogP contribution in [0.25, 0.3) is 0 Å². The van der Waals surface area contributed by atoms with Crippen molar-refractivity contribution in [2.75, 3.05) is 11.9 Å². The maximum atomic E-state index is 13.4. The maximum absolute atomic E-state index is 13.4. The fourth-order valence-corrected chi connectivity index (χ4v) is 2.30. The number of ether oxygens (including phenoxy) is 1. The van der Waals surface area contributed by atoms with Gasteiger partial charge in [0.25, 0.3) is 0 Å². The van der Waals surface area contributed by atoms with E-state index in [2.05, 4.69) is 5.32 Å². The van der Waals surface area contributed by atoms with Crippen LogP contribution < -0.4 is 10.1 Å². The molecule has 1 amide bonds. The molecule has 0 spiro atoms. The number of amides is 1. The van der Waals surface area contributed by atoms with Crippen molar-refractivity contribution in [2.45, 2.75) is 26.7 Å². The Morgan fingerprint density at radius 1 is 1.22 bits per heavy atom. The van der Waals surface area contributed by atoms with Gasteiger partial charge in [-0.1, -0.05) is 23.7 Å². The first-order valence-corrected chi connectivity index (χ1v) is 7.79. The van der Waals surface area contributed by atoms with E-state index in [0.29, 0.717) is 13.0 Å². The largest absolute Gasteiger partial charge is 0.494 e. The van der Waals surface area contributed by atoms with E-state index in [1.807, 2.05) is 26.0 Å². The molecule has 2 aromatic rings. The predicted molar refractivity (Wildman–Crippen MR) is 90.7 cm³/mol. The lowest BCUT2D eigenvalue weighted by molar-refractivity contribution is -0.116. The highest BCUT2D eigenvalue weighted by Gasteiger charge is 2.07. The van der Waals surface area contributed by atoms with Crippen molar-refractivity contribution in [2.24, 2.45) is 0 Å². The number of aryl methyl sites for hydroxylation is 2. The zero-order valence-corrected chi connectivity index (χ0v) is 13.9. The van der Waals surface area contributed by atoms with Gasteiger partial charge in [-0.05, 0) is 55.7 Å². The van der Waals surface area contributed by atoms with E-state index < -0.39 is 5.82 Å². The van der Waals surface area contributed by atoms with E-state index in [1.54, 1.807) is 12.1 Å². The van der Waals surface area contributed by atoms with E-state index in [0.717, 1.165) is 21.9 Å². The Balaban J connectivity index is 1.77. The molecular formula is C18H19ClFNO2. The second-order valence-corrected chi connectivity index (χ2v) is 5.73. The second-order valence-electron chi connectivity index (χ2n) is 5.35. The zero-order chi connectivity index (χ0) is 16.8. The predicted octanol–water partition coefficient (Wildman–Crippen LogP) is 4.89. The SMILES string of the molecule is Cc1cc(OCCCC(=O)Nc2ccccc2F)cc(C)c1Cl. The zero-order valence-electron chi connectivity index (χ0n) is 13.2.